The number of benzene rings is 1. The molecule has 0 saturated heterocycles. The highest BCUT2D eigenvalue weighted by atomic mass is 32.1. The van der Waals surface area contributed by atoms with E-state index in [0.717, 1.165) is 10.6 Å². The minimum absolute atomic E-state index is 0.130. The lowest BCUT2D eigenvalue weighted by molar-refractivity contribution is 0.0607. The first kappa shape index (κ1) is 13.7. The normalized spacial score (nSPS) is 12.2. The van der Waals surface area contributed by atoms with Crippen LogP contribution >= 0.6 is 11.3 Å². The Bertz CT molecular complexity index is 566. The number of thiazole rings is 1. The monoisotopic (exact) mass is 276 g/mol. The standard InChI is InChI=1S/C14H16N2O2S/c1-9(8-15)13-16-11(10-6-4-3-5-7-10)12(19-13)14(17)18-2/h3-7,9H,8,15H2,1-2H3. The molecule has 0 bridgehead atoms. The van der Waals surface area contributed by atoms with E-state index in [0.29, 0.717) is 17.1 Å². The molecule has 2 N–H and O–H groups in total. The summed E-state index contributed by atoms with van der Waals surface area (Å²) in [6, 6.07) is 9.62. The summed E-state index contributed by atoms with van der Waals surface area (Å²) >= 11 is 1.35. The first-order chi connectivity index (χ1) is 9.17. The molecule has 1 aromatic heterocycles. The smallest absolute Gasteiger partial charge is 0.350 e. The molecule has 0 radical (unpaired) electrons. The fourth-order valence-electron chi connectivity index (χ4n) is 1.67. The molecule has 19 heavy (non-hydrogen) atoms. The molecule has 100 valence electrons. The molecule has 0 spiro atoms. The van der Waals surface area contributed by atoms with Gasteiger partial charge in [0.05, 0.1) is 17.8 Å². The van der Waals surface area contributed by atoms with Crippen molar-refractivity contribution in [3.63, 3.8) is 0 Å². The SMILES string of the molecule is COC(=O)c1sc(C(C)CN)nc1-c1ccccc1. The van der Waals surface area contributed by atoms with Crippen LogP contribution in [0.15, 0.2) is 30.3 Å². The summed E-state index contributed by atoms with van der Waals surface area (Å²) in [7, 11) is 1.38. The first-order valence-corrected chi connectivity index (χ1v) is 6.83. The Morgan fingerprint density at radius 1 is 1.42 bits per heavy atom. The number of hydrogen-bond acceptors (Lipinski definition) is 5. The van der Waals surface area contributed by atoms with Crippen LogP contribution in [0.2, 0.25) is 0 Å². The Kier molecular flexibility index (Phi) is 4.29. The average molecular weight is 276 g/mol. The lowest BCUT2D eigenvalue weighted by atomic mass is 10.1. The van der Waals surface area contributed by atoms with Gasteiger partial charge in [0.1, 0.15) is 4.88 Å². The van der Waals surface area contributed by atoms with Crippen molar-refractivity contribution >= 4 is 17.3 Å². The van der Waals surface area contributed by atoms with Crippen LogP contribution in [0.1, 0.15) is 27.5 Å². The van der Waals surface area contributed by atoms with E-state index in [1.165, 1.54) is 18.4 Å². The Morgan fingerprint density at radius 3 is 2.68 bits per heavy atom. The molecule has 1 atom stereocenters. The number of nitrogens with two attached hydrogens (primary N) is 1. The number of methoxy groups -OCH3 is 1. The minimum Gasteiger partial charge on any atom is -0.465 e. The molecule has 0 aliphatic heterocycles. The topological polar surface area (TPSA) is 65.2 Å². The van der Waals surface area contributed by atoms with Gasteiger partial charge in [0.2, 0.25) is 0 Å². The third kappa shape index (κ3) is 2.83. The van der Waals surface area contributed by atoms with Crippen LogP contribution in [-0.2, 0) is 4.74 Å². The predicted octanol–water partition coefficient (Wildman–Crippen LogP) is 2.66. The lowest BCUT2D eigenvalue weighted by Crippen LogP contribution is -2.08. The maximum Gasteiger partial charge on any atom is 0.350 e. The Labute approximate surface area is 116 Å². The van der Waals surface area contributed by atoms with Gasteiger partial charge in [-0.15, -0.1) is 11.3 Å². The van der Waals surface area contributed by atoms with Crippen LogP contribution in [0.5, 0.6) is 0 Å². The van der Waals surface area contributed by atoms with E-state index in [1.54, 1.807) is 0 Å². The number of rotatable bonds is 4. The number of aromatic nitrogens is 1. The summed E-state index contributed by atoms with van der Waals surface area (Å²) in [6.07, 6.45) is 0. The fraction of sp³-hybridized carbons (Fsp3) is 0.286. The second-order valence-corrected chi connectivity index (χ2v) is 5.25. The Hall–Kier alpha value is -1.72. The van der Waals surface area contributed by atoms with E-state index < -0.39 is 0 Å². The van der Waals surface area contributed by atoms with E-state index in [2.05, 4.69) is 4.98 Å². The molecule has 2 rings (SSSR count). The predicted molar refractivity (Wildman–Crippen MR) is 76.4 cm³/mol. The molecule has 1 heterocycles. The molecule has 0 aliphatic rings. The number of carbonyl (C=O) groups is 1. The number of nitrogens with zero attached hydrogens (tertiary/aromatic N) is 1. The summed E-state index contributed by atoms with van der Waals surface area (Å²) in [5.74, 6) is -0.224. The molecule has 0 amide bonds. The summed E-state index contributed by atoms with van der Waals surface area (Å²) in [5, 5.41) is 0.863. The number of hydrogen-bond donors (Lipinski definition) is 1. The number of carbonyl (C=O) groups excluding carboxylic acids is 1. The molecule has 4 nitrogen and oxygen atoms in total. The van der Waals surface area contributed by atoms with Gasteiger partial charge in [0, 0.05) is 18.0 Å². The van der Waals surface area contributed by atoms with Crippen molar-refractivity contribution < 1.29 is 9.53 Å². The summed E-state index contributed by atoms with van der Waals surface area (Å²) < 4.78 is 4.83. The van der Waals surface area contributed by atoms with Gasteiger partial charge in [-0.25, -0.2) is 9.78 Å². The molecule has 0 saturated carbocycles. The highest BCUT2D eigenvalue weighted by molar-refractivity contribution is 7.14. The van der Waals surface area contributed by atoms with Gasteiger partial charge in [0.25, 0.3) is 0 Å². The quantitative estimate of drug-likeness (QED) is 0.872. The summed E-state index contributed by atoms with van der Waals surface area (Å²) in [4.78, 5) is 16.9. The van der Waals surface area contributed by atoms with E-state index in [-0.39, 0.29) is 11.9 Å². The molecular weight excluding hydrogens is 260 g/mol. The summed E-state index contributed by atoms with van der Waals surface area (Å²) in [6.45, 7) is 2.50. The second kappa shape index (κ2) is 5.95. The highest BCUT2D eigenvalue weighted by Gasteiger charge is 2.21. The van der Waals surface area contributed by atoms with Gasteiger partial charge in [-0.2, -0.15) is 0 Å². The minimum atomic E-state index is -0.355. The van der Waals surface area contributed by atoms with Crippen LogP contribution in [0, 0.1) is 0 Å². The van der Waals surface area contributed by atoms with Crippen molar-refractivity contribution in [1.82, 2.24) is 4.98 Å². The lowest BCUT2D eigenvalue weighted by Gasteiger charge is -2.01. The van der Waals surface area contributed by atoms with Gasteiger partial charge in [-0.05, 0) is 0 Å². The van der Waals surface area contributed by atoms with Crippen molar-refractivity contribution in [2.45, 2.75) is 12.8 Å². The third-order valence-electron chi connectivity index (χ3n) is 2.84. The van der Waals surface area contributed by atoms with Crippen LogP contribution in [-0.4, -0.2) is 24.6 Å². The highest BCUT2D eigenvalue weighted by Crippen LogP contribution is 2.32. The number of ether oxygens (including phenoxy) is 1. The van der Waals surface area contributed by atoms with Gasteiger partial charge in [-0.3, -0.25) is 0 Å². The van der Waals surface area contributed by atoms with Crippen LogP contribution < -0.4 is 5.73 Å². The van der Waals surface area contributed by atoms with Gasteiger partial charge < -0.3 is 10.5 Å². The molecular formula is C14H16N2O2S. The summed E-state index contributed by atoms with van der Waals surface area (Å²) in [5.41, 5.74) is 7.25. The van der Waals surface area contributed by atoms with E-state index >= 15 is 0 Å². The van der Waals surface area contributed by atoms with Crippen LogP contribution in [0.25, 0.3) is 11.3 Å². The second-order valence-electron chi connectivity index (χ2n) is 4.22. The first-order valence-electron chi connectivity index (χ1n) is 6.02. The largest absolute Gasteiger partial charge is 0.465 e. The van der Waals surface area contributed by atoms with Crippen LogP contribution in [0.3, 0.4) is 0 Å². The van der Waals surface area contributed by atoms with Crippen molar-refractivity contribution in [2.24, 2.45) is 5.73 Å². The zero-order valence-corrected chi connectivity index (χ0v) is 11.7. The molecule has 1 aromatic carbocycles. The van der Waals surface area contributed by atoms with Crippen LogP contribution in [0.4, 0.5) is 0 Å². The molecule has 5 heteroatoms. The van der Waals surface area contributed by atoms with Gasteiger partial charge in [0.15, 0.2) is 0 Å². The average Bonchev–Trinajstić information content (AvgIpc) is 2.91. The van der Waals surface area contributed by atoms with Crippen molar-refractivity contribution in [3.05, 3.63) is 40.2 Å². The Balaban J connectivity index is 2.52. The molecule has 0 aliphatic carbocycles. The van der Waals surface area contributed by atoms with E-state index in [1.807, 2.05) is 37.3 Å². The maximum atomic E-state index is 11.8. The van der Waals surface area contributed by atoms with Gasteiger partial charge in [-0.1, -0.05) is 37.3 Å². The number of esters is 1. The molecule has 1 unspecified atom stereocenters. The van der Waals surface area contributed by atoms with Gasteiger partial charge >= 0.3 is 5.97 Å². The zero-order chi connectivity index (χ0) is 13.8. The van der Waals surface area contributed by atoms with Crippen molar-refractivity contribution in [1.29, 1.82) is 0 Å². The molecule has 2 aromatic rings. The van der Waals surface area contributed by atoms with E-state index in [9.17, 15) is 4.79 Å². The van der Waals surface area contributed by atoms with Crippen molar-refractivity contribution in [2.75, 3.05) is 13.7 Å². The Morgan fingerprint density at radius 2 is 2.11 bits per heavy atom. The zero-order valence-electron chi connectivity index (χ0n) is 10.9. The maximum absolute atomic E-state index is 11.8. The van der Waals surface area contributed by atoms with Crippen molar-refractivity contribution in [3.8, 4) is 11.3 Å². The molecule has 0 fully saturated rings. The van der Waals surface area contributed by atoms with E-state index in [4.69, 9.17) is 10.5 Å². The fourth-order valence-corrected chi connectivity index (χ4v) is 2.74. The third-order valence-corrected chi connectivity index (χ3v) is 4.10.